The molecule has 0 bridgehead atoms. The number of halogens is 2. The molecule has 9 nitrogen and oxygen atoms in total. The SMILES string of the molecule is CCOCCCNC(=O)c1cc(NC(=O)Nc2ccc(Cl)cc2Cl)ccc1N1CCN(c2ccccc2OC)CC1. The summed E-state index contributed by atoms with van der Waals surface area (Å²) in [5.74, 6) is 0.620. The molecule has 3 amide bonds. The second-order valence-electron chi connectivity index (χ2n) is 9.39. The van der Waals surface area contributed by atoms with Gasteiger partial charge in [0.25, 0.3) is 5.91 Å². The van der Waals surface area contributed by atoms with Crippen LogP contribution in [0, 0.1) is 0 Å². The second-order valence-corrected chi connectivity index (χ2v) is 10.2. The van der Waals surface area contributed by atoms with Crippen LogP contribution in [0.4, 0.5) is 27.5 Å². The fourth-order valence-electron chi connectivity index (χ4n) is 4.64. The molecular weight excluding hydrogens is 565 g/mol. The molecule has 218 valence electrons. The van der Waals surface area contributed by atoms with E-state index in [1.54, 1.807) is 37.4 Å². The minimum atomic E-state index is -0.490. The van der Waals surface area contributed by atoms with Gasteiger partial charge in [-0.05, 0) is 61.9 Å². The average Bonchev–Trinajstić information content (AvgIpc) is 2.98. The standard InChI is InChI=1S/C30H35Cl2N5O4/c1-3-41-18-6-13-33-29(38)23-20-22(34-30(39)35-25-11-9-21(31)19-24(25)32)10-12-26(23)36-14-16-37(17-15-36)27-7-4-5-8-28(27)40-2/h4-5,7-12,19-20H,3,6,13-18H2,1-2H3,(H,33,38)(H2,34,35,39). The van der Waals surface area contributed by atoms with Crippen LogP contribution in [0.2, 0.25) is 10.0 Å². The number of hydrogen-bond acceptors (Lipinski definition) is 6. The lowest BCUT2D eigenvalue weighted by Crippen LogP contribution is -2.47. The summed E-state index contributed by atoms with van der Waals surface area (Å²) in [6.07, 6.45) is 0.703. The van der Waals surface area contributed by atoms with Crippen molar-refractivity contribution in [3.8, 4) is 5.75 Å². The zero-order valence-electron chi connectivity index (χ0n) is 23.2. The molecule has 3 N–H and O–H groups in total. The molecule has 1 aliphatic rings. The minimum Gasteiger partial charge on any atom is -0.495 e. The van der Waals surface area contributed by atoms with Crippen molar-refractivity contribution in [3.05, 3.63) is 76.3 Å². The van der Waals surface area contributed by atoms with Gasteiger partial charge in [0.1, 0.15) is 5.75 Å². The van der Waals surface area contributed by atoms with Crippen molar-refractivity contribution < 1.29 is 19.1 Å². The van der Waals surface area contributed by atoms with Crippen molar-refractivity contribution in [2.24, 2.45) is 0 Å². The first-order valence-electron chi connectivity index (χ1n) is 13.6. The second kappa shape index (κ2) is 14.8. The Labute approximate surface area is 250 Å². The van der Waals surface area contributed by atoms with E-state index in [4.69, 9.17) is 32.7 Å². The van der Waals surface area contributed by atoms with Crippen molar-refractivity contribution in [2.45, 2.75) is 13.3 Å². The van der Waals surface area contributed by atoms with Crippen LogP contribution >= 0.6 is 23.2 Å². The summed E-state index contributed by atoms with van der Waals surface area (Å²) in [4.78, 5) is 30.6. The van der Waals surface area contributed by atoms with Gasteiger partial charge in [0.15, 0.2) is 0 Å². The van der Waals surface area contributed by atoms with Crippen LogP contribution in [0.3, 0.4) is 0 Å². The Morgan fingerprint density at radius 3 is 2.34 bits per heavy atom. The normalized spacial score (nSPS) is 13.1. The lowest BCUT2D eigenvalue weighted by Gasteiger charge is -2.38. The number of hydrogen-bond donors (Lipinski definition) is 3. The van der Waals surface area contributed by atoms with E-state index in [1.165, 1.54) is 0 Å². The van der Waals surface area contributed by atoms with Gasteiger partial charge < -0.3 is 35.2 Å². The summed E-state index contributed by atoms with van der Waals surface area (Å²) in [7, 11) is 1.67. The van der Waals surface area contributed by atoms with Crippen LogP contribution in [-0.2, 0) is 4.74 Å². The van der Waals surface area contributed by atoms with Crippen LogP contribution in [0.15, 0.2) is 60.7 Å². The summed E-state index contributed by atoms with van der Waals surface area (Å²) in [6.45, 7) is 6.58. The Kier molecular flexibility index (Phi) is 11.0. The molecule has 11 heteroatoms. The fourth-order valence-corrected chi connectivity index (χ4v) is 5.10. The fraction of sp³-hybridized carbons (Fsp3) is 0.333. The number of carbonyl (C=O) groups excluding carboxylic acids is 2. The first kappa shape index (κ1) is 30.3. The Bertz CT molecular complexity index is 1350. The van der Waals surface area contributed by atoms with E-state index in [-0.39, 0.29) is 5.91 Å². The number of methoxy groups -OCH3 is 1. The highest BCUT2D eigenvalue weighted by molar-refractivity contribution is 6.36. The van der Waals surface area contributed by atoms with Gasteiger partial charge in [0, 0.05) is 62.3 Å². The highest BCUT2D eigenvalue weighted by Crippen LogP contribution is 2.31. The van der Waals surface area contributed by atoms with Crippen LogP contribution < -0.4 is 30.5 Å². The molecular formula is C30H35Cl2N5O4. The number of para-hydroxylation sites is 2. The van der Waals surface area contributed by atoms with E-state index >= 15 is 0 Å². The van der Waals surface area contributed by atoms with E-state index in [9.17, 15) is 9.59 Å². The molecule has 0 aliphatic carbocycles. The molecule has 4 rings (SSSR count). The first-order chi connectivity index (χ1) is 19.9. The average molecular weight is 601 g/mol. The third-order valence-corrected chi connectivity index (χ3v) is 7.23. The number of anilines is 4. The van der Waals surface area contributed by atoms with E-state index in [0.717, 1.165) is 30.2 Å². The van der Waals surface area contributed by atoms with Crippen LogP contribution in [0.5, 0.6) is 5.75 Å². The van der Waals surface area contributed by atoms with Crippen molar-refractivity contribution >= 4 is 57.9 Å². The molecule has 1 saturated heterocycles. The maximum atomic E-state index is 13.4. The molecule has 1 aliphatic heterocycles. The first-order valence-corrected chi connectivity index (χ1v) is 14.3. The summed E-state index contributed by atoms with van der Waals surface area (Å²) in [6, 6.07) is 17.7. The van der Waals surface area contributed by atoms with E-state index in [1.807, 2.05) is 31.2 Å². The molecule has 0 radical (unpaired) electrons. The number of urea groups is 1. The Morgan fingerprint density at radius 2 is 1.63 bits per heavy atom. The predicted molar refractivity (Wildman–Crippen MR) is 166 cm³/mol. The lowest BCUT2D eigenvalue weighted by atomic mass is 10.1. The van der Waals surface area contributed by atoms with E-state index in [0.29, 0.717) is 66.3 Å². The summed E-state index contributed by atoms with van der Waals surface area (Å²) < 4.78 is 10.9. The summed E-state index contributed by atoms with van der Waals surface area (Å²) in [5.41, 5.74) is 3.23. The number of carbonyl (C=O) groups is 2. The summed E-state index contributed by atoms with van der Waals surface area (Å²) >= 11 is 12.1. The molecule has 3 aromatic rings. The smallest absolute Gasteiger partial charge is 0.323 e. The highest BCUT2D eigenvalue weighted by atomic mass is 35.5. The number of rotatable bonds is 11. The largest absolute Gasteiger partial charge is 0.495 e. The monoisotopic (exact) mass is 599 g/mol. The number of benzene rings is 3. The number of nitrogens with zero attached hydrogens (tertiary/aromatic N) is 2. The number of amides is 3. The topological polar surface area (TPSA) is 95.2 Å². The summed E-state index contributed by atoms with van der Waals surface area (Å²) in [5, 5.41) is 9.30. The van der Waals surface area contributed by atoms with Gasteiger partial charge in [-0.3, -0.25) is 4.79 Å². The van der Waals surface area contributed by atoms with Crippen molar-refractivity contribution in [2.75, 3.05) is 73.5 Å². The molecule has 0 unspecified atom stereocenters. The zero-order valence-corrected chi connectivity index (χ0v) is 24.7. The zero-order chi connectivity index (χ0) is 29.2. The Balaban J connectivity index is 1.49. The molecule has 1 heterocycles. The number of nitrogens with one attached hydrogen (secondary N) is 3. The van der Waals surface area contributed by atoms with Crippen molar-refractivity contribution in [3.63, 3.8) is 0 Å². The van der Waals surface area contributed by atoms with Crippen LogP contribution in [-0.4, -0.2) is 65.0 Å². The number of ether oxygens (including phenoxy) is 2. The van der Waals surface area contributed by atoms with Crippen molar-refractivity contribution in [1.29, 1.82) is 0 Å². The molecule has 41 heavy (non-hydrogen) atoms. The maximum absolute atomic E-state index is 13.4. The van der Waals surface area contributed by atoms with Crippen molar-refractivity contribution in [1.82, 2.24) is 5.32 Å². The van der Waals surface area contributed by atoms with E-state index < -0.39 is 6.03 Å². The molecule has 1 fully saturated rings. The molecule has 0 aromatic heterocycles. The van der Waals surface area contributed by atoms with E-state index in [2.05, 4.69) is 31.8 Å². The quantitative estimate of drug-likeness (QED) is 0.229. The Hall–Kier alpha value is -3.66. The minimum absolute atomic E-state index is 0.214. The molecule has 3 aromatic carbocycles. The molecule has 0 spiro atoms. The van der Waals surface area contributed by atoms with Gasteiger partial charge in [-0.2, -0.15) is 0 Å². The van der Waals surface area contributed by atoms with Gasteiger partial charge >= 0.3 is 6.03 Å². The van der Waals surface area contributed by atoms with Gasteiger partial charge in [-0.15, -0.1) is 0 Å². The number of piperazine rings is 1. The van der Waals surface area contributed by atoms with Crippen LogP contribution in [0.25, 0.3) is 0 Å². The highest BCUT2D eigenvalue weighted by Gasteiger charge is 2.24. The predicted octanol–water partition coefficient (Wildman–Crippen LogP) is 6.13. The maximum Gasteiger partial charge on any atom is 0.323 e. The molecule has 0 atom stereocenters. The third-order valence-electron chi connectivity index (χ3n) is 6.68. The van der Waals surface area contributed by atoms with Gasteiger partial charge in [-0.25, -0.2) is 4.79 Å². The lowest BCUT2D eigenvalue weighted by molar-refractivity contribution is 0.0944. The van der Waals surface area contributed by atoms with Gasteiger partial charge in [0.05, 0.1) is 29.1 Å². The molecule has 0 saturated carbocycles. The van der Waals surface area contributed by atoms with Crippen LogP contribution in [0.1, 0.15) is 23.7 Å². The van der Waals surface area contributed by atoms with Gasteiger partial charge in [-0.1, -0.05) is 35.3 Å². The Morgan fingerprint density at radius 1 is 0.902 bits per heavy atom. The van der Waals surface area contributed by atoms with Gasteiger partial charge in [0.2, 0.25) is 0 Å². The third kappa shape index (κ3) is 8.19.